The number of carbonyl (C=O) groups excluding carboxylic acids is 2. The number of hydrogen-bond donors (Lipinski definition) is 1. The zero-order valence-electron chi connectivity index (χ0n) is 17.6. The second-order valence-corrected chi connectivity index (χ2v) is 8.47. The van der Waals surface area contributed by atoms with Gasteiger partial charge in [0.05, 0.1) is 25.3 Å². The number of anilines is 1. The zero-order valence-corrected chi connectivity index (χ0v) is 19.2. The van der Waals surface area contributed by atoms with Gasteiger partial charge in [-0.05, 0) is 26.3 Å². The van der Waals surface area contributed by atoms with E-state index in [9.17, 15) is 9.59 Å². The van der Waals surface area contributed by atoms with Crippen molar-refractivity contribution in [1.82, 2.24) is 14.8 Å². The van der Waals surface area contributed by atoms with Crippen LogP contribution < -0.4 is 5.73 Å². The molecule has 8 nitrogen and oxygen atoms in total. The Hall–Kier alpha value is -2.85. The van der Waals surface area contributed by atoms with Crippen LogP contribution >= 0.6 is 23.1 Å². The van der Waals surface area contributed by atoms with E-state index in [2.05, 4.69) is 10.2 Å². The number of benzene rings is 1. The third-order valence-electron chi connectivity index (χ3n) is 4.41. The first kappa shape index (κ1) is 22.8. The molecule has 2 aromatic heterocycles. The van der Waals surface area contributed by atoms with E-state index in [-0.39, 0.29) is 23.8 Å². The average molecular weight is 461 g/mol. The molecule has 2 N–H and O–H groups in total. The predicted molar refractivity (Wildman–Crippen MR) is 121 cm³/mol. The quantitative estimate of drug-likeness (QED) is 0.378. The minimum atomic E-state index is -0.552. The SMILES string of the molecule is CCOC(=O)c1sc(N)c(C(=O)OCC)c1CSc1nnc(C)n1Cc1ccccc1. The van der Waals surface area contributed by atoms with Gasteiger partial charge in [0.2, 0.25) is 0 Å². The highest BCUT2D eigenvalue weighted by molar-refractivity contribution is 7.98. The van der Waals surface area contributed by atoms with Crippen LogP contribution in [0, 0.1) is 6.92 Å². The van der Waals surface area contributed by atoms with Crippen molar-refractivity contribution in [2.75, 3.05) is 18.9 Å². The summed E-state index contributed by atoms with van der Waals surface area (Å²) < 4.78 is 12.3. The Kier molecular flexibility index (Phi) is 7.69. The minimum Gasteiger partial charge on any atom is -0.462 e. The summed E-state index contributed by atoms with van der Waals surface area (Å²) in [4.78, 5) is 25.3. The van der Waals surface area contributed by atoms with Crippen LogP contribution in [0.5, 0.6) is 0 Å². The van der Waals surface area contributed by atoms with Gasteiger partial charge >= 0.3 is 11.9 Å². The number of carbonyl (C=O) groups is 2. The van der Waals surface area contributed by atoms with Crippen molar-refractivity contribution in [2.45, 2.75) is 38.2 Å². The number of rotatable bonds is 9. The summed E-state index contributed by atoms with van der Waals surface area (Å²) in [5.41, 5.74) is 7.91. The van der Waals surface area contributed by atoms with Crippen molar-refractivity contribution in [3.63, 3.8) is 0 Å². The molecule has 0 saturated heterocycles. The lowest BCUT2D eigenvalue weighted by Gasteiger charge is -2.10. The first-order valence-electron chi connectivity index (χ1n) is 9.78. The van der Waals surface area contributed by atoms with Crippen molar-refractivity contribution in [3.05, 3.63) is 57.7 Å². The number of nitrogens with two attached hydrogens (primary N) is 1. The zero-order chi connectivity index (χ0) is 22.4. The second-order valence-electron chi connectivity index (χ2n) is 6.48. The van der Waals surface area contributed by atoms with Gasteiger partial charge in [0.25, 0.3) is 0 Å². The van der Waals surface area contributed by atoms with Crippen LogP contribution in [0.2, 0.25) is 0 Å². The molecule has 2 heterocycles. The molecule has 10 heteroatoms. The van der Waals surface area contributed by atoms with E-state index in [4.69, 9.17) is 15.2 Å². The summed E-state index contributed by atoms with van der Waals surface area (Å²) in [5, 5.41) is 9.37. The molecule has 0 aliphatic rings. The minimum absolute atomic E-state index is 0.208. The fourth-order valence-corrected chi connectivity index (χ4v) is 5.04. The normalized spacial score (nSPS) is 10.8. The number of aryl methyl sites for hydroxylation is 1. The molecule has 0 aliphatic carbocycles. The highest BCUT2D eigenvalue weighted by Crippen LogP contribution is 2.36. The fourth-order valence-electron chi connectivity index (χ4n) is 2.96. The topological polar surface area (TPSA) is 109 Å². The number of nitrogen functional groups attached to an aromatic ring is 1. The van der Waals surface area contributed by atoms with E-state index in [0.29, 0.717) is 27.9 Å². The van der Waals surface area contributed by atoms with Crippen molar-refractivity contribution < 1.29 is 19.1 Å². The highest BCUT2D eigenvalue weighted by atomic mass is 32.2. The molecule has 0 amide bonds. The van der Waals surface area contributed by atoms with Gasteiger partial charge in [0.1, 0.15) is 15.7 Å². The summed E-state index contributed by atoms with van der Waals surface area (Å²) in [6.07, 6.45) is 0. The first-order valence-corrected chi connectivity index (χ1v) is 11.6. The van der Waals surface area contributed by atoms with Crippen molar-refractivity contribution in [1.29, 1.82) is 0 Å². The molecule has 164 valence electrons. The number of esters is 2. The number of ether oxygens (including phenoxy) is 2. The number of thiophene rings is 1. The molecular formula is C21H24N4O4S2. The number of aromatic nitrogens is 3. The van der Waals surface area contributed by atoms with Crippen LogP contribution in [-0.2, 0) is 21.8 Å². The maximum atomic E-state index is 12.5. The molecule has 0 saturated carbocycles. The van der Waals surface area contributed by atoms with Crippen LogP contribution in [0.4, 0.5) is 5.00 Å². The van der Waals surface area contributed by atoms with Crippen LogP contribution in [0.25, 0.3) is 0 Å². The number of hydrogen-bond acceptors (Lipinski definition) is 9. The van der Waals surface area contributed by atoms with Gasteiger partial charge in [-0.15, -0.1) is 21.5 Å². The van der Waals surface area contributed by atoms with E-state index in [1.807, 2.05) is 41.8 Å². The second kappa shape index (κ2) is 10.5. The van der Waals surface area contributed by atoms with Gasteiger partial charge in [-0.1, -0.05) is 42.1 Å². The van der Waals surface area contributed by atoms with E-state index in [1.165, 1.54) is 11.8 Å². The summed E-state index contributed by atoms with van der Waals surface area (Å²) in [6.45, 7) is 6.38. The van der Waals surface area contributed by atoms with Crippen LogP contribution in [0.1, 0.15) is 50.8 Å². The van der Waals surface area contributed by atoms with Gasteiger partial charge in [0, 0.05) is 11.3 Å². The molecule has 31 heavy (non-hydrogen) atoms. The van der Waals surface area contributed by atoms with E-state index < -0.39 is 11.9 Å². The Labute approximate surface area is 188 Å². The lowest BCUT2D eigenvalue weighted by Crippen LogP contribution is -2.11. The average Bonchev–Trinajstić information content (AvgIpc) is 3.27. The molecular weight excluding hydrogens is 436 g/mol. The Balaban J connectivity index is 1.90. The first-order chi connectivity index (χ1) is 15.0. The summed E-state index contributed by atoms with van der Waals surface area (Å²) in [5.74, 6) is 0.00663. The standard InChI is InChI=1S/C21H24N4O4S2/c1-4-28-19(26)16-15(17(31-18(16)22)20(27)29-5-2)12-30-21-24-23-13(3)25(21)11-14-9-7-6-8-10-14/h6-10H,4-5,11-12,22H2,1-3H3. The summed E-state index contributed by atoms with van der Waals surface area (Å²) in [6, 6.07) is 9.99. The molecule has 0 radical (unpaired) electrons. The third-order valence-corrected chi connectivity index (χ3v) is 6.44. The third kappa shape index (κ3) is 5.26. The highest BCUT2D eigenvalue weighted by Gasteiger charge is 2.28. The molecule has 0 spiro atoms. The Morgan fingerprint density at radius 2 is 1.77 bits per heavy atom. The predicted octanol–water partition coefficient (Wildman–Crippen LogP) is 3.92. The largest absolute Gasteiger partial charge is 0.462 e. The molecule has 0 bridgehead atoms. The number of thioether (sulfide) groups is 1. The molecule has 0 atom stereocenters. The molecule has 0 fully saturated rings. The van der Waals surface area contributed by atoms with Crippen molar-refractivity contribution >= 4 is 40.0 Å². The van der Waals surface area contributed by atoms with Gasteiger partial charge in [-0.2, -0.15) is 0 Å². The molecule has 3 rings (SSSR count). The Morgan fingerprint density at radius 1 is 1.10 bits per heavy atom. The lowest BCUT2D eigenvalue weighted by molar-refractivity contribution is 0.0527. The van der Waals surface area contributed by atoms with Gasteiger partial charge < -0.3 is 19.8 Å². The lowest BCUT2D eigenvalue weighted by atomic mass is 10.1. The molecule has 0 aliphatic heterocycles. The van der Waals surface area contributed by atoms with Crippen molar-refractivity contribution in [2.24, 2.45) is 0 Å². The Morgan fingerprint density at radius 3 is 2.45 bits per heavy atom. The Bertz CT molecular complexity index is 1060. The van der Waals surface area contributed by atoms with Crippen molar-refractivity contribution in [3.8, 4) is 0 Å². The fraction of sp³-hybridized carbons (Fsp3) is 0.333. The summed E-state index contributed by atoms with van der Waals surface area (Å²) >= 11 is 2.41. The summed E-state index contributed by atoms with van der Waals surface area (Å²) in [7, 11) is 0. The maximum absolute atomic E-state index is 12.5. The van der Waals surface area contributed by atoms with Crippen LogP contribution in [0.3, 0.4) is 0 Å². The number of nitrogens with zero attached hydrogens (tertiary/aromatic N) is 3. The monoisotopic (exact) mass is 460 g/mol. The van der Waals surface area contributed by atoms with Gasteiger partial charge in [-0.3, -0.25) is 0 Å². The van der Waals surface area contributed by atoms with E-state index in [0.717, 1.165) is 22.7 Å². The van der Waals surface area contributed by atoms with Crippen LogP contribution in [-0.4, -0.2) is 39.9 Å². The molecule has 0 unspecified atom stereocenters. The van der Waals surface area contributed by atoms with Gasteiger partial charge in [0.15, 0.2) is 5.16 Å². The van der Waals surface area contributed by atoms with Crippen LogP contribution in [0.15, 0.2) is 35.5 Å². The molecule has 3 aromatic rings. The van der Waals surface area contributed by atoms with E-state index >= 15 is 0 Å². The smallest absolute Gasteiger partial charge is 0.348 e. The molecule has 1 aromatic carbocycles. The van der Waals surface area contributed by atoms with Gasteiger partial charge in [-0.25, -0.2) is 9.59 Å². The maximum Gasteiger partial charge on any atom is 0.348 e. The van der Waals surface area contributed by atoms with E-state index in [1.54, 1.807) is 13.8 Å².